The molecule has 0 aliphatic carbocycles. The van der Waals surface area contributed by atoms with Crippen molar-refractivity contribution in [3.63, 3.8) is 0 Å². The van der Waals surface area contributed by atoms with Crippen molar-refractivity contribution >= 4 is 29.4 Å². The molecule has 9 heteroatoms. The highest BCUT2D eigenvalue weighted by Gasteiger charge is 2.55. The smallest absolute Gasteiger partial charge is 0.325 e. The molecule has 4 rings (SSSR count). The Morgan fingerprint density at radius 1 is 1.14 bits per heavy atom. The third-order valence-electron chi connectivity index (χ3n) is 6.50. The molecular formula is C27H30N6O3. The zero-order valence-corrected chi connectivity index (χ0v) is 20.6. The molecule has 0 radical (unpaired) electrons. The number of aryl methyl sites for hydroxylation is 1. The van der Waals surface area contributed by atoms with Crippen molar-refractivity contribution in [2.75, 3.05) is 17.7 Å². The monoisotopic (exact) mass is 486 g/mol. The second kappa shape index (κ2) is 10.6. The second-order valence-corrected chi connectivity index (χ2v) is 8.93. The van der Waals surface area contributed by atoms with Crippen LogP contribution in [0.15, 0.2) is 67.0 Å². The van der Waals surface area contributed by atoms with E-state index in [1.165, 1.54) is 4.90 Å². The van der Waals surface area contributed by atoms with Gasteiger partial charge in [-0.15, -0.1) is 0 Å². The van der Waals surface area contributed by atoms with Gasteiger partial charge >= 0.3 is 6.03 Å². The van der Waals surface area contributed by atoms with Crippen LogP contribution in [0.25, 0.3) is 0 Å². The fourth-order valence-corrected chi connectivity index (χ4v) is 4.43. The van der Waals surface area contributed by atoms with E-state index in [0.29, 0.717) is 17.9 Å². The van der Waals surface area contributed by atoms with Gasteiger partial charge in [-0.25, -0.2) is 9.78 Å². The molecule has 0 saturated carbocycles. The van der Waals surface area contributed by atoms with E-state index in [-0.39, 0.29) is 18.4 Å². The third kappa shape index (κ3) is 5.05. The van der Waals surface area contributed by atoms with Crippen molar-refractivity contribution in [2.45, 2.75) is 38.8 Å². The van der Waals surface area contributed by atoms with E-state index in [1.807, 2.05) is 44.2 Å². The van der Waals surface area contributed by atoms with Crippen LogP contribution in [0.4, 0.5) is 16.3 Å². The van der Waals surface area contributed by atoms with E-state index >= 15 is 0 Å². The number of carbonyl (C=O) groups is 3. The molecule has 2 aromatic heterocycles. The summed E-state index contributed by atoms with van der Waals surface area (Å²) in [6.07, 6.45) is 4.14. The van der Waals surface area contributed by atoms with Crippen LogP contribution in [0, 0.1) is 12.8 Å². The number of likely N-dealkylation sites (tertiary alicyclic amines) is 1. The highest BCUT2D eigenvalue weighted by molar-refractivity contribution is 6.12. The summed E-state index contributed by atoms with van der Waals surface area (Å²) >= 11 is 0. The number of urea groups is 1. The second-order valence-electron chi connectivity index (χ2n) is 8.93. The number of nitrogens with two attached hydrogens (primary N) is 1. The first kappa shape index (κ1) is 24.8. The number of rotatable bonds is 7. The Labute approximate surface area is 210 Å². The maximum atomic E-state index is 13.6. The zero-order valence-electron chi connectivity index (χ0n) is 20.6. The van der Waals surface area contributed by atoms with Gasteiger partial charge in [-0.2, -0.15) is 0 Å². The summed E-state index contributed by atoms with van der Waals surface area (Å²) in [6, 6.07) is 14.4. The first-order valence-corrected chi connectivity index (χ1v) is 11.9. The van der Waals surface area contributed by atoms with Crippen LogP contribution in [0.3, 0.4) is 0 Å². The van der Waals surface area contributed by atoms with Crippen molar-refractivity contribution in [3.8, 4) is 0 Å². The molecule has 0 bridgehead atoms. The van der Waals surface area contributed by atoms with Crippen LogP contribution in [0.1, 0.15) is 36.2 Å². The van der Waals surface area contributed by atoms with Gasteiger partial charge < -0.3 is 16.0 Å². The molecule has 0 unspecified atom stereocenters. The van der Waals surface area contributed by atoms with Crippen molar-refractivity contribution in [2.24, 2.45) is 5.92 Å². The van der Waals surface area contributed by atoms with Crippen LogP contribution in [0.2, 0.25) is 0 Å². The Morgan fingerprint density at radius 3 is 2.53 bits per heavy atom. The SMILES string of the molecule is CC[C@@H](NC(=O)N1C(=O)[C@H](Cc2ccnc(N)c2)[C@H]1C(=O)N(C)c1ccccc1)c1ccc(C)nc1. The van der Waals surface area contributed by atoms with Gasteiger partial charge in [-0.1, -0.05) is 31.2 Å². The Balaban J connectivity index is 1.59. The number of aromatic nitrogens is 2. The Morgan fingerprint density at radius 2 is 1.89 bits per heavy atom. The molecule has 1 aliphatic rings. The number of amides is 4. The fraction of sp³-hybridized carbons (Fsp3) is 0.296. The minimum absolute atomic E-state index is 0.271. The number of nitrogen functional groups attached to an aromatic ring is 1. The summed E-state index contributed by atoms with van der Waals surface area (Å²) < 4.78 is 0. The molecule has 4 amide bonds. The van der Waals surface area contributed by atoms with Gasteiger partial charge in [0.1, 0.15) is 11.9 Å². The van der Waals surface area contributed by atoms with E-state index in [2.05, 4.69) is 15.3 Å². The number of anilines is 2. The molecule has 1 saturated heterocycles. The van der Waals surface area contributed by atoms with Crippen LogP contribution in [-0.2, 0) is 16.0 Å². The van der Waals surface area contributed by atoms with Gasteiger partial charge in [-0.3, -0.25) is 19.5 Å². The third-order valence-corrected chi connectivity index (χ3v) is 6.50. The summed E-state index contributed by atoms with van der Waals surface area (Å²) in [6.45, 7) is 3.82. The van der Waals surface area contributed by atoms with E-state index in [1.54, 1.807) is 43.7 Å². The van der Waals surface area contributed by atoms with Crippen LogP contribution in [0.5, 0.6) is 0 Å². The lowest BCUT2D eigenvalue weighted by Gasteiger charge is -2.46. The maximum Gasteiger partial charge on any atom is 0.325 e. The molecule has 3 atom stereocenters. The van der Waals surface area contributed by atoms with E-state index in [0.717, 1.165) is 21.7 Å². The van der Waals surface area contributed by atoms with Crippen molar-refractivity contribution < 1.29 is 14.4 Å². The maximum absolute atomic E-state index is 13.6. The number of imide groups is 1. The van der Waals surface area contributed by atoms with E-state index in [9.17, 15) is 14.4 Å². The van der Waals surface area contributed by atoms with Crippen LogP contribution in [-0.4, -0.2) is 45.8 Å². The number of β-lactam (4-membered cyclic amide) rings is 1. The number of nitrogens with zero attached hydrogens (tertiary/aromatic N) is 4. The Bertz CT molecular complexity index is 1250. The Kier molecular flexibility index (Phi) is 7.28. The van der Waals surface area contributed by atoms with Gasteiger partial charge in [0, 0.05) is 30.8 Å². The number of para-hydroxylation sites is 1. The average molecular weight is 487 g/mol. The number of likely N-dealkylation sites (N-methyl/N-ethyl adjacent to an activating group) is 1. The molecule has 1 aliphatic heterocycles. The average Bonchev–Trinajstić information content (AvgIpc) is 2.89. The van der Waals surface area contributed by atoms with Gasteiger partial charge in [0.25, 0.3) is 5.91 Å². The van der Waals surface area contributed by atoms with E-state index in [4.69, 9.17) is 5.73 Å². The highest BCUT2D eigenvalue weighted by Crippen LogP contribution is 2.33. The van der Waals surface area contributed by atoms with Gasteiger partial charge in [-0.05, 0) is 61.2 Å². The fourth-order valence-electron chi connectivity index (χ4n) is 4.43. The van der Waals surface area contributed by atoms with Gasteiger partial charge in [0.2, 0.25) is 5.91 Å². The molecule has 186 valence electrons. The molecule has 3 aromatic rings. The minimum Gasteiger partial charge on any atom is -0.384 e. The topological polar surface area (TPSA) is 122 Å². The number of hydrogen-bond donors (Lipinski definition) is 2. The quantitative estimate of drug-likeness (QED) is 0.495. The molecule has 3 heterocycles. The number of benzene rings is 1. The van der Waals surface area contributed by atoms with Gasteiger partial charge in [0.15, 0.2) is 0 Å². The lowest BCUT2D eigenvalue weighted by Crippen LogP contribution is -2.70. The highest BCUT2D eigenvalue weighted by atomic mass is 16.2. The summed E-state index contributed by atoms with van der Waals surface area (Å²) in [5.41, 5.74) is 8.95. The summed E-state index contributed by atoms with van der Waals surface area (Å²) in [5, 5.41) is 2.92. The predicted molar refractivity (Wildman–Crippen MR) is 137 cm³/mol. The van der Waals surface area contributed by atoms with Gasteiger partial charge in [0.05, 0.1) is 12.0 Å². The summed E-state index contributed by atoms with van der Waals surface area (Å²) in [5.74, 6) is -1.11. The van der Waals surface area contributed by atoms with Crippen LogP contribution < -0.4 is 16.0 Å². The minimum atomic E-state index is -0.953. The number of carbonyl (C=O) groups excluding carboxylic acids is 3. The van der Waals surface area contributed by atoms with Crippen LogP contribution >= 0.6 is 0 Å². The molecular weight excluding hydrogens is 456 g/mol. The number of nitrogens with one attached hydrogen (secondary N) is 1. The summed E-state index contributed by atoms with van der Waals surface area (Å²) in [4.78, 5) is 51.0. The lowest BCUT2D eigenvalue weighted by atomic mass is 9.81. The normalized spacial score (nSPS) is 17.8. The number of hydrogen-bond acceptors (Lipinski definition) is 6. The van der Waals surface area contributed by atoms with E-state index < -0.39 is 23.9 Å². The van der Waals surface area contributed by atoms with Crippen molar-refractivity contribution in [1.29, 1.82) is 0 Å². The standard InChI is InChI=1S/C27H30N6O3/c1-4-22(19-11-10-17(2)30-16-19)31-27(36)33-24(26(35)32(3)20-8-6-5-7-9-20)21(25(33)34)14-18-12-13-29-23(28)15-18/h5-13,15-16,21-22,24H,4,14H2,1-3H3,(H2,28,29)(H,31,36)/t21-,22-,24+/m1/s1. The number of pyridine rings is 2. The first-order valence-electron chi connectivity index (χ1n) is 11.9. The van der Waals surface area contributed by atoms with Crippen molar-refractivity contribution in [1.82, 2.24) is 20.2 Å². The first-order chi connectivity index (χ1) is 17.3. The molecule has 1 fully saturated rings. The molecule has 9 nitrogen and oxygen atoms in total. The zero-order chi connectivity index (χ0) is 25.8. The molecule has 36 heavy (non-hydrogen) atoms. The largest absolute Gasteiger partial charge is 0.384 e. The Hall–Kier alpha value is -4.27. The molecule has 0 spiro atoms. The molecule has 3 N–H and O–H groups in total. The lowest BCUT2D eigenvalue weighted by molar-refractivity contribution is -0.156. The summed E-state index contributed by atoms with van der Waals surface area (Å²) in [7, 11) is 1.64. The predicted octanol–water partition coefficient (Wildman–Crippen LogP) is 3.26. The molecule has 1 aromatic carbocycles. The van der Waals surface area contributed by atoms with Crippen molar-refractivity contribution in [3.05, 3.63) is 83.8 Å².